The monoisotopic (exact) mass is 264 g/mol. The number of ether oxygens (including phenoxy) is 2. The Hall–Kier alpha value is -1.58. The van der Waals surface area contributed by atoms with Crippen molar-refractivity contribution in [3.05, 3.63) is 22.8 Å². The summed E-state index contributed by atoms with van der Waals surface area (Å²) < 4.78 is 10.5. The average molecular weight is 264 g/mol. The summed E-state index contributed by atoms with van der Waals surface area (Å²) in [6.45, 7) is 6.06. The number of carbonyl (C=O) groups is 2. The number of hydrogen-bond donors (Lipinski definition) is 0. The Balaban J connectivity index is 2.17. The van der Waals surface area contributed by atoms with Crippen LogP contribution in [-0.2, 0) is 19.1 Å². The van der Waals surface area contributed by atoms with Crippen LogP contribution >= 0.6 is 0 Å². The molecule has 4 heteroatoms. The molecule has 0 saturated heterocycles. The SMILES string of the molecule is CC1=C(C[C@@H]2OC(=O)[C@@H](C)CC/C=C\2C)C(=O)OC1. The summed E-state index contributed by atoms with van der Waals surface area (Å²) in [5, 5.41) is 0. The first-order valence-electron chi connectivity index (χ1n) is 6.72. The Labute approximate surface area is 113 Å². The lowest BCUT2D eigenvalue weighted by molar-refractivity contribution is -0.152. The molecule has 2 aliphatic rings. The Morgan fingerprint density at radius 2 is 2.05 bits per heavy atom. The molecule has 0 amide bonds. The molecule has 0 aliphatic carbocycles. The number of esters is 2. The quantitative estimate of drug-likeness (QED) is 0.568. The van der Waals surface area contributed by atoms with Gasteiger partial charge >= 0.3 is 11.9 Å². The van der Waals surface area contributed by atoms with Crippen molar-refractivity contribution in [3.8, 4) is 0 Å². The molecule has 2 atom stereocenters. The highest BCUT2D eigenvalue weighted by Crippen LogP contribution is 2.27. The van der Waals surface area contributed by atoms with Gasteiger partial charge in [0.1, 0.15) is 12.7 Å². The molecule has 19 heavy (non-hydrogen) atoms. The lowest BCUT2D eigenvalue weighted by atomic mass is 9.96. The first-order chi connectivity index (χ1) is 8.99. The van der Waals surface area contributed by atoms with Crippen LogP contribution in [0.4, 0.5) is 0 Å². The van der Waals surface area contributed by atoms with E-state index in [1.54, 1.807) is 0 Å². The minimum atomic E-state index is -0.342. The predicted octanol–water partition coefficient (Wildman–Crippen LogP) is 2.54. The lowest BCUT2D eigenvalue weighted by Crippen LogP contribution is -2.26. The number of hydrogen-bond acceptors (Lipinski definition) is 4. The maximum atomic E-state index is 11.9. The van der Waals surface area contributed by atoms with Crippen molar-refractivity contribution < 1.29 is 19.1 Å². The summed E-state index contributed by atoms with van der Waals surface area (Å²) in [6.07, 6.45) is 3.87. The van der Waals surface area contributed by atoms with Gasteiger partial charge in [-0.15, -0.1) is 0 Å². The fraction of sp³-hybridized carbons (Fsp3) is 0.600. The molecule has 104 valence electrons. The van der Waals surface area contributed by atoms with Crippen LogP contribution < -0.4 is 0 Å². The van der Waals surface area contributed by atoms with Gasteiger partial charge in [0.25, 0.3) is 0 Å². The molecule has 0 N–H and O–H groups in total. The zero-order valence-electron chi connectivity index (χ0n) is 11.7. The summed E-state index contributed by atoms with van der Waals surface area (Å²) in [5.74, 6) is -0.545. The maximum Gasteiger partial charge on any atom is 0.334 e. The molecular weight excluding hydrogens is 244 g/mol. The second-order valence-electron chi connectivity index (χ2n) is 5.39. The predicted molar refractivity (Wildman–Crippen MR) is 70.3 cm³/mol. The van der Waals surface area contributed by atoms with Crippen molar-refractivity contribution in [3.63, 3.8) is 0 Å². The summed E-state index contributed by atoms with van der Waals surface area (Å²) in [7, 11) is 0. The van der Waals surface area contributed by atoms with E-state index in [0.29, 0.717) is 18.6 Å². The van der Waals surface area contributed by atoms with E-state index >= 15 is 0 Å². The summed E-state index contributed by atoms with van der Waals surface area (Å²) >= 11 is 0. The van der Waals surface area contributed by atoms with Gasteiger partial charge in [0, 0.05) is 12.0 Å². The topological polar surface area (TPSA) is 52.6 Å². The van der Waals surface area contributed by atoms with Crippen LogP contribution in [0.3, 0.4) is 0 Å². The maximum absolute atomic E-state index is 11.9. The molecule has 2 rings (SSSR count). The molecule has 0 saturated carbocycles. The normalized spacial score (nSPS) is 31.2. The van der Waals surface area contributed by atoms with Gasteiger partial charge in [0.05, 0.1) is 5.92 Å². The molecule has 0 radical (unpaired) electrons. The van der Waals surface area contributed by atoms with Crippen LogP contribution in [-0.4, -0.2) is 24.6 Å². The van der Waals surface area contributed by atoms with Crippen molar-refractivity contribution in [2.75, 3.05) is 6.61 Å². The largest absolute Gasteiger partial charge is 0.458 e. The van der Waals surface area contributed by atoms with E-state index in [4.69, 9.17) is 9.47 Å². The summed E-state index contributed by atoms with van der Waals surface area (Å²) in [6, 6.07) is 0. The molecule has 0 aromatic heterocycles. The van der Waals surface area contributed by atoms with Crippen LogP contribution in [0.2, 0.25) is 0 Å². The molecule has 0 aromatic carbocycles. The highest BCUT2D eigenvalue weighted by atomic mass is 16.5. The average Bonchev–Trinajstić information content (AvgIpc) is 2.67. The van der Waals surface area contributed by atoms with E-state index in [2.05, 4.69) is 6.08 Å². The van der Waals surface area contributed by atoms with Crippen LogP contribution in [0.1, 0.15) is 40.0 Å². The zero-order chi connectivity index (χ0) is 14.0. The van der Waals surface area contributed by atoms with Crippen molar-refractivity contribution in [2.45, 2.75) is 46.1 Å². The third kappa shape index (κ3) is 3.06. The number of allylic oxidation sites excluding steroid dienone is 1. The van der Waals surface area contributed by atoms with Crippen LogP contribution in [0.15, 0.2) is 22.8 Å². The van der Waals surface area contributed by atoms with Gasteiger partial charge in [-0.2, -0.15) is 0 Å². The molecule has 0 fully saturated rings. The molecule has 4 nitrogen and oxygen atoms in total. The highest BCUT2D eigenvalue weighted by Gasteiger charge is 2.29. The zero-order valence-corrected chi connectivity index (χ0v) is 11.7. The molecule has 0 spiro atoms. The Bertz CT molecular complexity index is 459. The smallest absolute Gasteiger partial charge is 0.334 e. The second kappa shape index (κ2) is 5.59. The molecule has 0 aromatic rings. The third-order valence-electron chi connectivity index (χ3n) is 3.81. The van der Waals surface area contributed by atoms with Crippen molar-refractivity contribution in [2.24, 2.45) is 5.92 Å². The Morgan fingerprint density at radius 1 is 1.32 bits per heavy atom. The van der Waals surface area contributed by atoms with Crippen molar-refractivity contribution in [1.82, 2.24) is 0 Å². The number of rotatable bonds is 2. The minimum Gasteiger partial charge on any atom is -0.458 e. The molecule has 2 aliphatic heterocycles. The van der Waals surface area contributed by atoms with E-state index in [9.17, 15) is 9.59 Å². The molecule has 0 bridgehead atoms. The number of cyclic esters (lactones) is 2. The van der Waals surface area contributed by atoms with Crippen molar-refractivity contribution >= 4 is 11.9 Å². The second-order valence-corrected chi connectivity index (χ2v) is 5.39. The standard InChI is InChI=1S/C15H20O4/c1-9-5-4-6-10(2)14(16)19-13(9)7-12-11(3)8-18-15(12)17/h5,10,13H,4,6-8H2,1-3H3/b9-5-/t10-,13-/m0/s1. The van der Waals surface area contributed by atoms with Gasteiger partial charge in [0.15, 0.2) is 0 Å². The molecular formula is C15H20O4. The number of carbonyl (C=O) groups excluding carboxylic acids is 2. The van der Waals surface area contributed by atoms with E-state index in [1.165, 1.54) is 0 Å². The van der Waals surface area contributed by atoms with Gasteiger partial charge in [-0.25, -0.2) is 4.79 Å². The van der Waals surface area contributed by atoms with Crippen LogP contribution in [0.25, 0.3) is 0 Å². The van der Waals surface area contributed by atoms with Gasteiger partial charge in [-0.1, -0.05) is 13.0 Å². The fourth-order valence-corrected chi connectivity index (χ4v) is 2.33. The van der Waals surface area contributed by atoms with Gasteiger partial charge in [-0.05, 0) is 37.8 Å². The molecule has 0 unspecified atom stereocenters. The van der Waals surface area contributed by atoms with E-state index < -0.39 is 0 Å². The van der Waals surface area contributed by atoms with Gasteiger partial charge < -0.3 is 9.47 Å². The van der Waals surface area contributed by atoms with Crippen LogP contribution in [0.5, 0.6) is 0 Å². The van der Waals surface area contributed by atoms with Gasteiger partial charge in [0.2, 0.25) is 0 Å². The summed E-state index contributed by atoms with van der Waals surface area (Å²) in [4.78, 5) is 23.5. The van der Waals surface area contributed by atoms with Crippen molar-refractivity contribution in [1.29, 1.82) is 0 Å². The first kappa shape index (κ1) is 13.8. The minimum absolute atomic E-state index is 0.0857. The molecule has 2 heterocycles. The lowest BCUT2D eigenvalue weighted by Gasteiger charge is -2.23. The van der Waals surface area contributed by atoms with Crippen LogP contribution in [0, 0.1) is 5.92 Å². The first-order valence-corrected chi connectivity index (χ1v) is 6.72. The van der Waals surface area contributed by atoms with E-state index in [1.807, 2.05) is 20.8 Å². The third-order valence-corrected chi connectivity index (χ3v) is 3.81. The van der Waals surface area contributed by atoms with E-state index in [0.717, 1.165) is 24.0 Å². The Kier molecular flexibility index (Phi) is 4.08. The fourth-order valence-electron chi connectivity index (χ4n) is 2.33. The van der Waals surface area contributed by atoms with Gasteiger partial charge in [-0.3, -0.25) is 4.79 Å². The highest BCUT2D eigenvalue weighted by molar-refractivity contribution is 5.91. The van der Waals surface area contributed by atoms with E-state index in [-0.39, 0.29) is 24.0 Å². The summed E-state index contributed by atoms with van der Waals surface area (Å²) in [5.41, 5.74) is 2.60. The Morgan fingerprint density at radius 3 is 2.68 bits per heavy atom.